The fourth-order valence-corrected chi connectivity index (χ4v) is 1.44. The van der Waals surface area contributed by atoms with Crippen molar-refractivity contribution in [2.45, 2.75) is 0 Å². The van der Waals surface area contributed by atoms with E-state index >= 15 is 0 Å². The highest BCUT2D eigenvalue weighted by Gasteiger charge is 2.03. The van der Waals surface area contributed by atoms with E-state index in [1.807, 2.05) is 0 Å². The molecule has 0 atom stereocenters. The van der Waals surface area contributed by atoms with Gasteiger partial charge in [-0.05, 0) is 12.1 Å². The quantitative estimate of drug-likeness (QED) is 0.403. The predicted molar refractivity (Wildman–Crippen MR) is 62.2 cm³/mol. The lowest BCUT2D eigenvalue weighted by Crippen LogP contribution is -1.78. The largest absolute Gasteiger partial charge is 0.166 e. The Balaban J connectivity index is 3.13. The van der Waals surface area contributed by atoms with Crippen molar-refractivity contribution < 1.29 is 0 Å². The second-order valence-electron chi connectivity index (χ2n) is 2.21. The Labute approximate surface area is 97.6 Å². The molecule has 13 heavy (non-hydrogen) atoms. The topological polar surface area (TPSA) is 0 Å². The lowest BCUT2D eigenvalue weighted by Gasteiger charge is -1.99. The van der Waals surface area contributed by atoms with Gasteiger partial charge in [0, 0.05) is 5.56 Å². The molecule has 0 unspecified atom stereocenters. The number of halogens is 3. The molecular weight excluding hydrogens is 247 g/mol. The average Bonchev–Trinajstić information content (AvgIpc) is 2.10. The SMILES string of the molecule is SCC#Cc1cc(Cl)c(Cl)c(Cl)c1. The summed E-state index contributed by atoms with van der Waals surface area (Å²) in [7, 11) is 0. The van der Waals surface area contributed by atoms with Gasteiger partial charge in [0.2, 0.25) is 0 Å². The second-order valence-corrected chi connectivity index (χ2v) is 3.72. The summed E-state index contributed by atoms with van der Waals surface area (Å²) >= 11 is 21.3. The van der Waals surface area contributed by atoms with E-state index in [-0.39, 0.29) is 0 Å². The molecule has 0 aliphatic carbocycles. The van der Waals surface area contributed by atoms with E-state index < -0.39 is 0 Å². The van der Waals surface area contributed by atoms with Gasteiger partial charge >= 0.3 is 0 Å². The first-order valence-electron chi connectivity index (χ1n) is 3.39. The van der Waals surface area contributed by atoms with Gasteiger partial charge in [-0.1, -0.05) is 46.6 Å². The van der Waals surface area contributed by atoms with E-state index in [0.29, 0.717) is 20.8 Å². The molecule has 68 valence electrons. The van der Waals surface area contributed by atoms with Gasteiger partial charge in [0.15, 0.2) is 0 Å². The minimum Gasteiger partial charge on any atom is -0.166 e. The summed E-state index contributed by atoms with van der Waals surface area (Å²) in [6.07, 6.45) is 0. The monoisotopic (exact) mass is 250 g/mol. The van der Waals surface area contributed by atoms with Crippen LogP contribution in [0.1, 0.15) is 5.56 Å². The van der Waals surface area contributed by atoms with E-state index in [2.05, 4.69) is 24.5 Å². The van der Waals surface area contributed by atoms with Gasteiger partial charge in [-0.25, -0.2) is 0 Å². The van der Waals surface area contributed by atoms with Crippen molar-refractivity contribution in [1.29, 1.82) is 0 Å². The number of hydrogen-bond donors (Lipinski definition) is 1. The Hall–Kier alpha value is -0.000000000000000111. The molecule has 4 heteroatoms. The fraction of sp³-hybridized carbons (Fsp3) is 0.111. The molecule has 0 radical (unpaired) electrons. The molecule has 1 aromatic carbocycles. The second kappa shape index (κ2) is 5.02. The first kappa shape index (κ1) is 11.1. The fourth-order valence-electron chi connectivity index (χ4n) is 0.769. The molecule has 0 nitrogen and oxygen atoms in total. The highest BCUT2D eigenvalue weighted by atomic mass is 35.5. The maximum atomic E-state index is 5.79. The summed E-state index contributed by atoms with van der Waals surface area (Å²) in [5, 5.41) is 1.19. The van der Waals surface area contributed by atoms with Crippen molar-refractivity contribution in [3.05, 3.63) is 32.8 Å². The number of hydrogen-bond acceptors (Lipinski definition) is 1. The zero-order valence-electron chi connectivity index (χ0n) is 6.44. The van der Waals surface area contributed by atoms with Crippen LogP contribution in [0.3, 0.4) is 0 Å². The summed E-state index contributed by atoms with van der Waals surface area (Å²) in [5.41, 5.74) is 0.744. The van der Waals surface area contributed by atoms with Gasteiger partial charge in [0.25, 0.3) is 0 Å². The third kappa shape index (κ3) is 3.00. The Morgan fingerprint density at radius 2 is 1.69 bits per heavy atom. The molecule has 0 aromatic heterocycles. The zero-order chi connectivity index (χ0) is 9.84. The summed E-state index contributed by atoms with van der Waals surface area (Å²) < 4.78 is 0. The van der Waals surface area contributed by atoms with Crippen molar-refractivity contribution >= 4 is 47.4 Å². The Morgan fingerprint density at radius 3 is 2.15 bits per heavy atom. The van der Waals surface area contributed by atoms with E-state index in [4.69, 9.17) is 34.8 Å². The molecule has 1 aromatic rings. The van der Waals surface area contributed by atoms with Crippen LogP contribution >= 0.6 is 47.4 Å². The highest BCUT2D eigenvalue weighted by Crippen LogP contribution is 2.30. The molecule has 0 amide bonds. The number of benzene rings is 1. The van der Waals surface area contributed by atoms with Crippen LogP contribution in [0.5, 0.6) is 0 Å². The van der Waals surface area contributed by atoms with E-state index in [1.165, 1.54) is 0 Å². The van der Waals surface area contributed by atoms with Gasteiger partial charge in [0.1, 0.15) is 0 Å². The van der Waals surface area contributed by atoms with Crippen LogP contribution in [0.25, 0.3) is 0 Å². The first-order chi connectivity index (χ1) is 6.15. The molecule has 0 saturated heterocycles. The Bertz CT molecular complexity index is 353. The number of rotatable bonds is 0. The lowest BCUT2D eigenvalue weighted by molar-refractivity contribution is 1.64. The highest BCUT2D eigenvalue weighted by molar-refractivity contribution is 7.80. The molecule has 0 heterocycles. The van der Waals surface area contributed by atoms with E-state index in [0.717, 1.165) is 5.56 Å². The van der Waals surface area contributed by atoms with Gasteiger partial charge < -0.3 is 0 Å². The smallest absolute Gasteiger partial charge is 0.0779 e. The molecule has 0 spiro atoms. The summed E-state index contributed by atoms with van der Waals surface area (Å²) in [6.45, 7) is 0. The normalized spacial score (nSPS) is 9.23. The Kier molecular flexibility index (Phi) is 4.28. The predicted octanol–water partition coefficient (Wildman–Crippen LogP) is 3.93. The molecule has 0 aliphatic rings. The number of thiol groups is 1. The Morgan fingerprint density at radius 1 is 1.15 bits per heavy atom. The third-order valence-electron chi connectivity index (χ3n) is 1.30. The van der Waals surface area contributed by atoms with E-state index in [1.54, 1.807) is 12.1 Å². The van der Waals surface area contributed by atoms with Crippen LogP contribution in [0, 0.1) is 11.8 Å². The molecule has 0 fully saturated rings. The van der Waals surface area contributed by atoms with Gasteiger partial charge in [-0.3, -0.25) is 0 Å². The van der Waals surface area contributed by atoms with Crippen LogP contribution in [0.2, 0.25) is 15.1 Å². The minimum absolute atomic E-state index is 0.361. The zero-order valence-corrected chi connectivity index (χ0v) is 9.61. The lowest BCUT2D eigenvalue weighted by atomic mass is 10.2. The minimum atomic E-state index is 0.361. The van der Waals surface area contributed by atoms with Crippen molar-refractivity contribution in [1.82, 2.24) is 0 Å². The molecular formula is C9H5Cl3S. The van der Waals surface area contributed by atoms with Gasteiger partial charge in [-0.2, -0.15) is 12.6 Å². The third-order valence-corrected chi connectivity index (χ3v) is 2.65. The van der Waals surface area contributed by atoms with Crippen molar-refractivity contribution in [2.24, 2.45) is 0 Å². The van der Waals surface area contributed by atoms with Crippen molar-refractivity contribution in [2.75, 3.05) is 5.75 Å². The van der Waals surface area contributed by atoms with Crippen LogP contribution < -0.4 is 0 Å². The van der Waals surface area contributed by atoms with Crippen molar-refractivity contribution in [3.63, 3.8) is 0 Å². The van der Waals surface area contributed by atoms with Crippen LogP contribution in [0.4, 0.5) is 0 Å². The molecule has 0 saturated carbocycles. The summed E-state index contributed by atoms with van der Waals surface area (Å²) in [4.78, 5) is 0. The maximum absolute atomic E-state index is 5.79. The summed E-state index contributed by atoms with van der Waals surface area (Å²) in [6, 6.07) is 3.35. The molecule has 0 bridgehead atoms. The average molecular weight is 252 g/mol. The van der Waals surface area contributed by atoms with Crippen LogP contribution in [-0.2, 0) is 0 Å². The standard InChI is InChI=1S/C9H5Cl3S/c10-7-4-6(2-1-3-13)5-8(11)9(7)12/h4-5,13H,3H2. The van der Waals surface area contributed by atoms with Gasteiger partial charge in [0.05, 0.1) is 20.8 Å². The molecule has 0 aliphatic heterocycles. The van der Waals surface area contributed by atoms with Crippen LogP contribution in [0.15, 0.2) is 12.1 Å². The molecule has 1 rings (SSSR count). The summed E-state index contributed by atoms with van der Waals surface area (Å²) in [5.74, 6) is 6.14. The van der Waals surface area contributed by atoms with Crippen molar-refractivity contribution in [3.8, 4) is 11.8 Å². The van der Waals surface area contributed by atoms with Crippen LogP contribution in [-0.4, -0.2) is 5.75 Å². The maximum Gasteiger partial charge on any atom is 0.0779 e. The molecule has 0 N–H and O–H groups in total. The first-order valence-corrected chi connectivity index (χ1v) is 5.16. The van der Waals surface area contributed by atoms with Gasteiger partial charge in [-0.15, -0.1) is 0 Å². The van der Waals surface area contributed by atoms with E-state index in [9.17, 15) is 0 Å².